The predicted octanol–water partition coefficient (Wildman–Crippen LogP) is -0.943. The Morgan fingerprint density at radius 3 is 1.93 bits per heavy atom. The van der Waals surface area contributed by atoms with Gasteiger partial charge < -0.3 is 40.1 Å². The van der Waals surface area contributed by atoms with Crippen molar-refractivity contribution in [2.24, 2.45) is 0 Å². The molecular formula is C18H26O8S3. The number of hydrogen-bond donors (Lipinski definition) is 7. The molecule has 2 heterocycles. The average molecular weight is 467 g/mol. The molecule has 10 atom stereocenters. The van der Waals surface area contributed by atoms with E-state index < -0.39 is 71.2 Å². The summed E-state index contributed by atoms with van der Waals surface area (Å²) in [6.07, 6.45) is -7.02. The molecule has 3 rings (SSSR count). The summed E-state index contributed by atoms with van der Waals surface area (Å²) in [4.78, 5) is 0.874. The predicted molar refractivity (Wildman–Crippen MR) is 112 cm³/mol. The summed E-state index contributed by atoms with van der Waals surface area (Å²) < 4.78 is 11.5. The Morgan fingerprint density at radius 1 is 0.793 bits per heavy atom. The second-order valence-electron chi connectivity index (χ2n) is 6.94. The molecule has 0 unspecified atom stereocenters. The largest absolute Gasteiger partial charge is 0.394 e. The molecule has 29 heavy (non-hydrogen) atoms. The van der Waals surface area contributed by atoms with Crippen LogP contribution in [0.4, 0.5) is 0 Å². The van der Waals surface area contributed by atoms with E-state index in [1.165, 1.54) is 11.8 Å². The van der Waals surface area contributed by atoms with E-state index in [1.54, 1.807) is 0 Å². The minimum Gasteiger partial charge on any atom is -0.394 e. The Bertz CT molecular complexity index is 639. The Kier molecular flexibility index (Phi) is 8.56. The quantitative estimate of drug-likeness (QED) is 0.263. The lowest BCUT2D eigenvalue weighted by molar-refractivity contribution is -0.159. The summed E-state index contributed by atoms with van der Waals surface area (Å²) >= 11 is 6.77. The molecule has 2 aliphatic rings. The van der Waals surface area contributed by atoms with Crippen LogP contribution in [0.15, 0.2) is 35.2 Å². The van der Waals surface area contributed by atoms with Gasteiger partial charge in [-0.3, -0.25) is 0 Å². The zero-order valence-electron chi connectivity index (χ0n) is 15.3. The van der Waals surface area contributed by atoms with Crippen molar-refractivity contribution in [2.45, 2.75) is 62.9 Å². The molecule has 0 spiro atoms. The number of hydrogen-bond acceptors (Lipinski definition) is 11. The van der Waals surface area contributed by atoms with Crippen LogP contribution in [0.5, 0.6) is 0 Å². The molecule has 0 aromatic heterocycles. The van der Waals surface area contributed by atoms with E-state index in [9.17, 15) is 30.6 Å². The lowest BCUT2D eigenvalue weighted by Gasteiger charge is -2.46. The Hall–Kier alpha value is -0.0500. The van der Waals surface area contributed by atoms with E-state index in [2.05, 4.69) is 12.6 Å². The van der Waals surface area contributed by atoms with Crippen LogP contribution < -0.4 is 0 Å². The second kappa shape index (κ2) is 10.5. The van der Waals surface area contributed by atoms with Crippen LogP contribution in [0.25, 0.3) is 0 Å². The molecule has 8 nitrogen and oxygen atoms in total. The van der Waals surface area contributed by atoms with E-state index in [1.807, 2.05) is 30.3 Å². The standard InChI is InChI=1S/C18H26O8S3/c19-6-9-11(21)13(23)15(27)17(25-9)29-16-14(24)12(22)10(7-20)26-18(16)28-8-4-2-1-3-5-8/h1-5,9-24,27H,6-7H2/t9-,10-,11-,12-,13+,14+,15+,16+,17-,18-/m1/s1. The van der Waals surface area contributed by atoms with Crippen molar-refractivity contribution in [1.82, 2.24) is 0 Å². The fraction of sp³-hybridized carbons (Fsp3) is 0.667. The normalized spacial score (nSPS) is 43.3. The monoisotopic (exact) mass is 466 g/mol. The van der Waals surface area contributed by atoms with Crippen molar-refractivity contribution in [3.05, 3.63) is 30.3 Å². The van der Waals surface area contributed by atoms with Crippen LogP contribution in [0, 0.1) is 0 Å². The number of ether oxygens (including phenoxy) is 2. The lowest BCUT2D eigenvalue weighted by Crippen LogP contribution is -2.59. The van der Waals surface area contributed by atoms with Crippen molar-refractivity contribution in [1.29, 1.82) is 0 Å². The maximum absolute atomic E-state index is 10.7. The highest BCUT2D eigenvalue weighted by Crippen LogP contribution is 2.43. The van der Waals surface area contributed by atoms with Crippen molar-refractivity contribution in [3.8, 4) is 0 Å². The first-order valence-electron chi connectivity index (χ1n) is 9.17. The summed E-state index contributed by atoms with van der Waals surface area (Å²) in [6, 6.07) is 9.35. The van der Waals surface area contributed by atoms with Crippen LogP contribution in [-0.2, 0) is 9.47 Å². The van der Waals surface area contributed by atoms with Gasteiger partial charge in [0, 0.05) is 4.90 Å². The summed E-state index contributed by atoms with van der Waals surface area (Å²) in [6.45, 7) is -0.939. The van der Waals surface area contributed by atoms with Crippen molar-refractivity contribution in [3.63, 3.8) is 0 Å². The Morgan fingerprint density at radius 2 is 1.34 bits per heavy atom. The third kappa shape index (κ3) is 5.24. The van der Waals surface area contributed by atoms with E-state index in [4.69, 9.17) is 9.47 Å². The average Bonchev–Trinajstić information content (AvgIpc) is 2.73. The Labute approximate surface area is 182 Å². The van der Waals surface area contributed by atoms with Gasteiger partial charge in [0.25, 0.3) is 0 Å². The van der Waals surface area contributed by atoms with Crippen LogP contribution in [0.1, 0.15) is 0 Å². The van der Waals surface area contributed by atoms with Crippen LogP contribution in [-0.4, -0.2) is 102 Å². The van der Waals surface area contributed by atoms with Crippen molar-refractivity contribution in [2.75, 3.05) is 13.2 Å². The molecule has 2 fully saturated rings. The minimum atomic E-state index is -1.31. The van der Waals surface area contributed by atoms with Crippen LogP contribution in [0.2, 0.25) is 0 Å². The highest BCUT2D eigenvalue weighted by molar-refractivity contribution is 8.04. The minimum absolute atomic E-state index is 0.450. The SMILES string of the molecule is OC[C@H]1O[C@H](S[C@H]2[C@@H](O)[C@H](O)[C@@H](CO)O[C@@H]2Sc2ccccc2)[C@@H](S)[C@@H](O)[C@@H]1O. The second-order valence-corrected chi connectivity index (χ2v) is 9.98. The number of rotatable bonds is 6. The highest BCUT2D eigenvalue weighted by atomic mass is 32.2. The van der Waals surface area contributed by atoms with Gasteiger partial charge in [0.15, 0.2) is 0 Å². The third-order valence-electron chi connectivity index (χ3n) is 4.96. The van der Waals surface area contributed by atoms with Crippen molar-refractivity contribution < 1.29 is 40.1 Å². The van der Waals surface area contributed by atoms with Crippen LogP contribution >= 0.6 is 36.2 Å². The van der Waals surface area contributed by atoms with E-state index >= 15 is 0 Å². The molecule has 0 saturated carbocycles. The smallest absolute Gasteiger partial charge is 0.122 e. The Balaban J connectivity index is 1.80. The molecule has 1 aromatic rings. The number of benzene rings is 1. The molecule has 0 radical (unpaired) electrons. The molecule has 0 amide bonds. The maximum atomic E-state index is 10.7. The fourth-order valence-corrected chi connectivity index (χ4v) is 6.51. The molecule has 2 saturated heterocycles. The molecule has 0 aliphatic carbocycles. The first-order valence-corrected chi connectivity index (χ1v) is 11.5. The topological polar surface area (TPSA) is 140 Å². The van der Waals surface area contributed by atoms with E-state index in [0.29, 0.717) is 0 Å². The highest BCUT2D eigenvalue weighted by Gasteiger charge is 2.49. The van der Waals surface area contributed by atoms with Gasteiger partial charge in [-0.05, 0) is 12.1 Å². The molecule has 1 aromatic carbocycles. The summed E-state index contributed by atoms with van der Waals surface area (Å²) in [7, 11) is 0. The van der Waals surface area contributed by atoms with Crippen LogP contribution in [0.3, 0.4) is 0 Å². The summed E-state index contributed by atoms with van der Waals surface area (Å²) in [5.74, 6) is 0. The van der Waals surface area contributed by atoms with Gasteiger partial charge in [-0.1, -0.05) is 30.0 Å². The van der Waals surface area contributed by atoms with Gasteiger partial charge in [0.2, 0.25) is 0 Å². The number of thiol groups is 1. The summed E-state index contributed by atoms with van der Waals surface area (Å²) in [5, 5.41) is 58.7. The maximum Gasteiger partial charge on any atom is 0.122 e. The number of thioether (sulfide) groups is 2. The van der Waals surface area contributed by atoms with Crippen molar-refractivity contribution >= 4 is 36.2 Å². The molecule has 11 heteroatoms. The van der Waals surface area contributed by atoms with Gasteiger partial charge >= 0.3 is 0 Å². The number of aliphatic hydroxyl groups is 6. The van der Waals surface area contributed by atoms with E-state index in [-0.39, 0.29) is 0 Å². The van der Waals surface area contributed by atoms with Gasteiger partial charge in [-0.15, -0.1) is 11.8 Å². The molecular weight excluding hydrogens is 440 g/mol. The zero-order chi connectivity index (χ0) is 21.1. The van der Waals surface area contributed by atoms with Gasteiger partial charge in [0.1, 0.15) is 35.3 Å². The molecule has 2 aliphatic heterocycles. The van der Waals surface area contributed by atoms with Gasteiger partial charge in [-0.25, -0.2) is 0 Å². The third-order valence-corrected chi connectivity index (χ3v) is 8.60. The molecule has 0 bridgehead atoms. The first kappa shape index (κ1) is 23.6. The lowest BCUT2D eigenvalue weighted by atomic mass is 10.0. The van der Waals surface area contributed by atoms with Gasteiger partial charge in [-0.2, -0.15) is 12.6 Å². The first-order chi connectivity index (χ1) is 13.9. The van der Waals surface area contributed by atoms with E-state index in [0.717, 1.165) is 16.7 Å². The van der Waals surface area contributed by atoms with Gasteiger partial charge in [0.05, 0.1) is 35.9 Å². The zero-order valence-corrected chi connectivity index (χ0v) is 17.9. The summed E-state index contributed by atoms with van der Waals surface area (Å²) in [5.41, 5.74) is -1.42. The number of aliphatic hydroxyl groups excluding tert-OH is 6. The molecule has 164 valence electrons. The fourth-order valence-electron chi connectivity index (χ4n) is 3.26. The molecule has 6 N–H and O–H groups in total.